The van der Waals surface area contributed by atoms with Gasteiger partial charge in [-0.25, -0.2) is 0 Å². The van der Waals surface area contributed by atoms with Crippen LogP contribution in [0, 0.1) is 0 Å². The monoisotopic (exact) mass is 230 g/mol. The Hall–Kier alpha value is 0.560. The van der Waals surface area contributed by atoms with Gasteiger partial charge in [0.15, 0.2) is 0 Å². The number of halogens is 1. The Bertz CT molecular complexity index is 123. The van der Waals surface area contributed by atoms with Crippen LogP contribution in [0.25, 0.3) is 0 Å². The summed E-state index contributed by atoms with van der Waals surface area (Å²) in [6.07, 6.45) is 0. The molecule has 1 heterocycles. The maximum atomic E-state index is 5.53. The Morgan fingerprint density at radius 3 is 2.86 bits per heavy atom. The summed E-state index contributed by atoms with van der Waals surface area (Å²) in [4.78, 5) is 0. The molecule has 0 spiro atoms. The Labute approximate surface area is 57.7 Å². The first-order valence-corrected chi connectivity index (χ1v) is 5.06. The van der Waals surface area contributed by atoms with E-state index >= 15 is 0 Å². The zero-order valence-corrected chi connectivity index (χ0v) is 6.81. The van der Waals surface area contributed by atoms with Crippen LogP contribution in [-0.4, -0.2) is 20.4 Å². The first-order valence-electron chi connectivity index (χ1n) is 2.02. The van der Waals surface area contributed by atoms with E-state index in [0.29, 0.717) is 0 Å². The molecular weight excluding hydrogens is 223 g/mol. The zero-order valence-electron chi connectivity index (χ0n) is 3.73. The van der Waals surface area contributed by atoms with Crippen molar-refractivity contribution in [3.8, 4) is 0 Å². The van der Waals surface area contributed by atoms with Gasteiger partial charge in [0.25, 0.3) is 0 Å². The molecule has 1 aromatic heterocycles. The van der Waals surface area contributed by atoms with E-state index in [4.69, 9.17) is 11.6 Å². The fraction of sp³-hybridized carbons (Fsp3) is 0.200. The molecule has 0 amide bonds. The second-order valence-corrected chi connectivity index (χ2v) is 4.43. The molecule has 0 aliphatic carbocycles. The van der Waals surface area contributed by atoms with Crippen molar-refractivity contribution in [2.45, 2.75) is 5.88 Å². The fourth-order valence-electron chi connectivity index (χ4n) is 0.389. The maximum absolute atomic E-state index is 5.53. The van der Waals surface area contributed by atoms with Crippen LogP contribution in [0.5, 0.6) is 0 Å². The number of alkyl halides is 1. The summed E-state index contributed by atoms with van der Waals surface area (Å²) in [5, 5.41) is 0. The van der Waals surface area contributed by atoms with Crippen LogP contribution < -0.4 is 0 Å². The van der Waals surface area contributed by atoms with Crippen molar-refractivity contribution in [3.63, 3.8) is 0 Å². The molecule has 0 fully saturated rings. The average Bonchev–Trinajstić information content (AvgIpc) is 2.14. The van der Waals surface area contributed by atoms with Crippen molar-refractivity contribution in [2.24, 2.45) is 0 Å². The van der Waals surface area contributed by atoms with Gasteiger partial charge >= 0.3 is 57.7 Å². The Kier molecular flexibility index (Phi) is 2.25. The van der Waals surface area contributed by atoms with Crippen LogP contribution in [0.1, 0.15) is 3.58 Å². The first-order chi connectivity index (χ1) is 3.43. The van der Waals surface area contributed by atoms with Gasteiger partial charge in [-0.15, -0.1) is 0 Å². The third kappa shape index (κ3) is 1.49. The number of hydrogen-bond donors (Lipinski definition) is 0. The van der Waals surface area contributed by atoms with Crippen molar-refractivity contribution in [2.75, 3.05) is 0 Å². The molecule has 0 radical (unpaired) electrons. The van der Waals surface area contributed by atoms with Crippen molar-refractivity contribution in [3.05, 3.63) is 19.8 Å². The topological polar surface area (TPSA) is 0 Å². The third-order valence-corrected chi connectivity index (χ3v) is 4.00. The van der Waals surface area contributed by atoms with E-state index in [1.54, 1.807) is 0 Å². The molecule has 0 unspecified atom stereocenters. The molecule has 0 aliphatic rings. The SMILES string of the molecule is ClCc1ccc[te]1. The molecule has 1 aromatic rings. The summed E-state index contributed by atoms with van der Waals surface area (Å²) in [5.74, 6) is 0.745. The van der Waals surface area contributed by atoms with Crippen LogP contribution >= 0.6 is 11.6 Å². The van der Waals surface area contributed by atoms with Crippen LogP contribution in [0.2, 0.25) is 0 Å². The van der Waals surface area contributed by atoms with Gasteiger partial charge in [-0.05, 0) is 0 Å². The molecule has 1 rings (SSSR count). The van der Waals surface area contributed by atoms with E-state index in [-0.39, 0.29) is 20.4 Å². The van der Waals surface area contributed by atoms with Gasteiger partial charge in [0.1, 0.15) is 0 Å². The fourth-order valence-corrected chi connectivity index (χ4v) is 2.48. The Morgan fingerprint density at radius 2 is 2.57 bits per heavy atom. The molecule has 0 N–H and O–H groups in total. The molecule has 0 aromatic carbocycles. The van der Waals surface area contributed by atoms with Crippen LogP contribution in [0.3, 0.4) is 0 Å². The van der Waals surface area contributed by atoms with Crippen LogP contribution in [0.4, 0.5) is 0 Å². The normalized spacial score (nSPS) is 9.29. The van der Waals surface area contributed by atoms with Gasteiger partial charge < -0.3 is 0 Å². The van der Waals surface area contributed by atoms with Crippen molar-refractivity contribution < 1.29 is 0 Å². The van der Waals surface area contributed by atoms with Crippen molar-refractivity contribution in [1.82, 2.24) is 0 Å². The van der Waals surface area contributed by atoms with E-state index in [9.17, 15) is 0 Å². The van der Waals surface area contributed by atoms with Crippen molar-refractivity contribution in [1.29, 1.82) is 0 Å². The Balaban J connectivity index is 2.76. The van der Waals surface area contributed by atoms with Gasteiger partial charge in [0, 0.05) is 0 Å². The molecule has 0 aliphatic heterocycles. The number of rotatable bonds is 1. The van der Waals surface area contributed by atoms with Gasteiger partial charge in [0.05, 0.1) is 0 Å². The minimum atomic E-state index is 0.0732. The molecule has 38 valence electrons. The molecule has 0 saturated heterocycles. The summed E-state index contributed by atoms with van der Waals surface area (Å²) in [7, 11) is 0. The summed E-state index contributed by atoms with van der Waals surface area (Å²) in [5.41, 5.74) is 0. The molecule has 0 nitrogen and oxygen atoms in total. The van der Waals surface area contributed by atoms with Gasteiger partial charge in [-0.1, -0.05) is 0 Å². The standard InChI is InChI=1S/C5H5ClTe/c6-4-5-2-1-3-7-5/h1-3H,4H2. The Morgan fingerprint density at radius 1 is 1.71 bits per heavy atom. The second kappa shape index (κ2) is 2.77. The zero-order chi connectivity index (χ0) is 5.11. The molecule has 0 saturated carbocycles. The van der Waals surface area contributed by atoms with Gasteiger partial charge in [-0.2, -0.15) is 0 Å². The summed E-state index contributed by atoms with van der Waals surface area (Å²) in [6.45, 7) is 0. The molecular formula is C5H5ClTe. The van der Waals surface area contributed by atoms with Crippen LogP contribution in [0.15, 0.2) is 16.2 Å². The van der Waals surface area contributed by atoms with Gasteiger partial charge in [0.2, 0.25) is 0 Å². The van der Waals surface area contributed by atoms with E-state index in [2.05, 4.69) is 16.2 Å². The van der Waals surface area contributed by atoms with Gasteiger partial charge in [-0.3, -0.25) is 0 Å². The third-order valence-electron chi connectivity index (χ3n) is 0.712. The van der Waals surface area contributed by atoms with E-state index in [1.807, 2.05) is 0 Å². The summed E-state index contributed by atoms with van der Waals surface area (Å²) in [6, 6.07) is 4.22. The number of hydrogen-bond acceptors (Lipinski definition) is 0. The molecule has 7 heavy (non-hydrogen) atoms. The quantitative estimate of drug-likeness (QED) is 0.504. The molecule has 2 heteroatoms. The summed E-state index contributed by atoms with van der Waals surface area (Å²) < 4.78 is 3.69. The van der Waals surface area contributed by atoms with E-state index in [0.717, 1.165) is 5.88 Å². The van der Waals surface area contributed by atoms with E-state index in [1.165, 1.54) is 3.58 Å². The summed E-state index contributed by atoms with van der Waals surface area (Å²) >= 11 is 5.61. The van der Waals surface area contributed by atoms with Crippen molar-refractivity contribution >= 4 is 32.0 Å². The molecule has 0 bridgehead atoms. The molecule has 0 atom stereocenters. The predicted molar refractivity (Wildman–Crippen MR) is 32.9 cm³/mol. The first kappa shape index (κ1) is 5.69. The second-order valence-electron chi connectivity index (χ2n) is 1.21. The predicted octanol–water partition coefficient (Wildman–Crippen LogP) is 1.48. The average molecular weight is 228 g/mol. The van der Waals surface area contributed by atoms with E-state index < -0.39 is 0 Å². The van der Waals surface area contributed by atoms with Crippen LogP contribution in [-0.2, 0) is 5.88 Å². The minimum absolute atomic E-state index is 0.0732.